The summed E-state index contributed by atoms with van der Waals surface area (Å²) in [6.07, 6.45) is 3.60. The van der Waals surface area contributed by atoms with Crippen molar-refractivity contribution >= 4 is 0 Å². The Morgan fingerprint density at radius 2 is 2.28 bits per heavy atom. The summed E-state index contributed by atoms with van der Waals surface area (Å²) in [7, 11) is 0. The van der Waals surface area contributed by atoms with Crippen molar-refractivity contribution in [3.8, 4) is 17.7 Å². The molecule has 1 aromatic carbocycles. The maximum absolute atomic E-state index is 13.1. The Kier molecular flexibility index (Phi) is 5.41. The number of nitriles is 1. The van der Waals surface area contributed by atoms with Crippen LogP contribution in [0.1, 0.15) is 31.2 Å². The van der Waals surface area contributed by atoms with Gasteiger partial charge in [-0.2, -0.15) is 10.2 Å². The summed E-state index contributed by atoms with van der Waals surface area (Å²) in [4.78, 5) is 8.49. The molecule has 1 saturated heterocycles. The van der Waals surface area contributed by atoms with Gasteiger partial charge in [-0.3, -0.25) is 0 Å². The van der Waals surface area contributed by atoms with Crippen LogP contribution in [-0.2, 0) is 6.61 Å². The Hall–Kier alpha value is -2.72. The molecule has 130 valence electrons. The van der Waals surface area contributed by atoms with Gasteiger partial charge in [0.1, 0.15) is 30.3 Å². The van der Waals surface area contributed by atoms with Gasteiger partial charge in [0.25, 0.3) is 0 Å². The van der Waals surface area contributed by atoms with Crippen LogP contribution < -0.4 is 14.8 Å². The second kappa shape index (κ2) is 7.90. The summed E-state index contributed by atoms with van der Waals surface area (Å²) in [5.74, 6) is 0.762. The lowest BCUT2D eigenvalue weighted by atomic mass is 10.0. The van der Waals surface area contributed by atoms with Gasteiger partial charge in [-0.05, 0) is 44.5 Å². The molecule has 2 aromatic rings. The quantitative estimate of drug-likeness (QED) is 0.900. The minimum atomic E-state index is -0.480. The smallest absolute Gasteiger partial charge is 0.216 e. The second-order valence-electron chi connectivity index (χ2n) is 5.97. The van der Waals surface area contributed by atoms with Crippen LogP contribution in [0.25, 0.3) is 0 Å². The van der Waals surface area contributed by atoms with Crippen LogP contribution in [0.3, 0.4) is 0 Å². The monoisotopic (exact) mass is 342 g/mol. The SMILES string of the molecule is C[C@H]1C[C@@H](Oc2ccnc(COc3ccc(F)cc3C#N)n2)CCN1. The van der Waals surface area contributed by atoms with Crippen LogP contribution in [0.2, 0.25) is 0 Å². The van der Waals surface area contributed by atoms with E-state index in [0.29, 0.717) is 23.5 Å². The highest BCUT2D eigenvalue weighted by molar-refractivity contribution is 5.43. The van der Waals surface area contributed by atoms with E-state index in [4.69, 9.17) is 14.7 Å². The number of piperidine rings is 1. The van der Waals surface area contributed by atoms with E-state index >= 15 is 0 Å². The largest absolute Gasteiger partial charge is 0.484 e. The average molecular weight is 342 g/mol. The van der Waals surface area contributed by atoms with Crippen molar-refractivity contribution in [3.63, 3.8) is 0 Å². The number of aromatic nitrogens is 2. The third kappa shape index (κ3) is 4.64. The molecule has 3 rings (SSSR count). The van der Waals surface area contributed by atoms with Gasteiger partial charge < -0.3 is 14.8 Å². The normalized spacial score (nSPS) is 19.9. The topological polar surface area (TPSA) is 80.1 Å². The highest BCUT2D eigenvalue weighted by Crippen LogP contribution is 2.20. The molecule has 7 heteroatoms. The van der Waals surface area contributed by atoms with Gasteiger partial charge in [0.15, 0.2) is 5.82 Å². The predicted molar refractivity (Wildman–Crippen MR) is 88.6 cm³/mol. The van der Waals surface area contributed by atoms with Gasteiger partial charge in [0.05, 0.1) is 5.56 Å². The molecule has 1 N–H and O–H groups in total. The minimum Gasteiger partial charge on any atom is -0.484 e. The number of hydrogen-bond acceptors (Lipinski definition) is 6. The number of halogens is 1. The molecule has 2 heterocycles. The summed E-state index contributed by atoms with van der Waals surface area (Å²) in [5, 5.41) is 12.4. The van der Waals surface area contributed by atoms with E-state index in [1.165, 1.54) is 12.1 Å². The minimum absolute atomic E-state index is 0.0696. The molecule has 0 aliphatic carbocycles. The molecule has 2 atom stereocenters. The molecular weight excluding hydrogens is 323 g/mol. The van der Waals surface area contributed by atoms with Gasteiger partial charge in [0, 0.05) is 18.3 Å². The van der Waals surface area contributed by atoms with Crippen molar-refractivity contribution in [2.75, 3.05) is 6.54 Å². The summed E-state index contributed by atoms with van der Waals surface area (Å²) in [6.45, 7) is 3.12. The van der Waals surface area contributed by atoms with Crippen LogP contribution in [0.5, 0.6) is 11.6 Å². The first-order valence-corrected chi connectivity index (χ1v) is 8.18. The van der Waals surface area contributed by atoms with E-state index in [0.717, 1.165) is 25.5 Å². The summed E-state index contributed by atoms with van der Waals surface area (Å²) in [6, 6.07) is 7.84. The van der Waals surface area contributed by atoms with Crippen LogP contribution in [0.15, 0.2) is 30.5 Å². The van der Waals surface area contributed by atoms with Crippen molar-refractivity contribution in [2.45, 2.75) is 38.5 Å². The zero-order valence-corrected chi connectivity index (χ0v) is 13.9. The molecule has 0 radical (unpaired) electrons. The molecule has 6 nitrogen and oxygen atoms in total. The molecule has 1 fully saturated rings. The molecule has 0 amide bonds. The molecule has 0 bridgehead atoms. The van der Waals surface area contributed by atoms with Gasteiger partial charge in [-0.25, -0.2) is 9.37 Å². The molecule has 0 unspecified atom stereocenters. The molecule has 0 saturated carbocycles. The summed E-state index contributed by atoms with van der Waals surface area (Å²) < 4.78 is 24.6. The zero-order chi connectivity index (χ0) is 17.6. The lowest BCUT2D eigenvalue weighted by molar-refractivity contribution is 0.137. The number of benzene rings is 1. The van der Waals surface area contributed by atoms with E-state index in [1.807, 2.05) is 6.07 Å². The van der Waals surface area contributed by atoms with Gasteiger partial charge in [-0.15, -0.1) is 0 Å². The molecule has 1 aromatic heterocycles. The standard InChI is InChI=1S/C18H19FN4O2/c1-12-8-15(4-6-21-12)25-18-5-7-22-17(23-18)11-24-16-3-2-14(19)9-13(16)10-20/h2-3,5,7,9,12,15,21H,4,6,8,11H2,1H3/t12-,15-/m0/s1. The van der Waals surface area contributed by atoms with Crippen molar-refractivity contribution in [2.24, 2.45) is 0 Å². The Bertz CT molecular complexity index is 778. The van der Waals surface area contributed by atoms with Crippen molar-refractivity contribution in [3.05, 3.63) is 47.7 Å². The Morgan fingerprint density at radius 3 is 3.08 bits per heavy atom. The maximum Gasteiger partial charge on any atom is 0.216 e. The molecular formula is C18H19FN4O2. The summed E-state index contributed by atoms with van der Waals surface area (Å²) in [5.41, 5.74) is 0.135. The third-order valence-corrected chi connectivity index (χ3v) is 3.96. The van der Waals surface area contributed by atoms with E-state index in [1.54, 1.807) is 12.3 Å². The van der Waals surface area contributed by atoms with Crippen LogP contribution in [0.4, 0.5) is 4.39 Å². The number of nitrogens with zero attached hydrogens (tertiary/aromatic N) is 3. The predicted octanol–water partition coefficient (Wildman–Crippen LogP) is 2.59. The highest BCUT2D eigenvalue weighted by atomic mass is 19.1. The van der Waals surface area contributed by atoms with E-state index in [9.17, 15) is 4.39 Å². The van der Waals surface area contributed by atoms with Crippen LogP contribution in [0, 0.1) is 17.1 Å². The van der Waals surface area contributed by atoms with Crippen LogP contribution in [-0.4, -0.2) is 28.7 Å². The third-order valence-electron chi connectivity index (χ3n) is 3.96. The van der Waals surface area contributed by atoms with Crippen molar-refractivity contribution in [1.82, 2.24) is 15.3 Å². The van der Waals surface area contributed by atoms with Crippen molar-refractivity contribution in [1.29, 1.82) is 5.26 Å². The number of hydrogen-bond donors (Lipinski definition) is 1. The van der Waals surface area contributed by atoms with E-state index in [-0.39, 0.29) is 18.3 Å². The number of ether oxygens (including phenoxy) is 2. The number of rotatable bonds is 5. The lowest BCUT2D eigenvalue weighted by Gasteiger charge is -2.28. The fourth-order valence-electron chi connectivity index (χ4n) is 2.74. The molecule has 1 aliphatic heterocycles. The van der Waals surface area contributed by atoms with Crippen LogP contribution >= 0.6 is 0 Å². The molecule has 0 spiro atoms. The highest BCUT2D eigenvalue weighted by Gasteiger charge is 2.20. The Morgan fingerprint density at radius 1 is 1.40 bits per heavy atom. The average Bonchev–Trinajstić information content (AvgIpc) is 2.61. The molecule has 1 aliphatic rings. The van der Waals surface area contributed by atoms with E-state index < -0.39 is 5.82 Å². The first kappa shape index (κ1) is 17.1. The fourth-order valence-corrected chi connectivity index (χ4v) is 2.74. The lowest BCUT2D eigenvalue weighted by Crippen LogP contribution is -2.40. The Labute approximate surface area is 145 Å². The first-order chi connectivity index (χ1) is 12.1. The maximum atomic E-state index is 13.1. The second-order valence-corrected chi connectivity index (χ2v) is 5.97. The van der Waals surface area contributed by atoms with Crippen molar-refractivity contribution < 1.29 is 13.9 Å². The van der Waals surface area contributed by atoms with E-state index in [2.05, 4.69) is 22.2 Å². The van der Waals surface area contributed by atoms with Gasteiger partial charge in [0.2, 0.25) is 5.88 Å². The fraction of sp³-hybridized carbons (Fsp3) is 0.389. The summed E-state index contributed by atoms with van der Waals surface area (Å²) >= 11 is 0. The molecule has 25 heavy (non-hydrogen) atoms. The Balaban J connectivity index is 1.63. The first-order valence-electron chi connectivity index (χ1n) is 8.18. The van der Waals surface area contributed by atoms with Gasteiger partial charge in [-0.1, -0.05) is 0 Å². The van der Waals surface area contributed by atoms with Gasteiger partial charge >= 0.3 is 0 Å². The number of nitrogens with one attached hydrogen (secondary N) is 1. The zero-order valence-electron chi connectivity index (χ0n) is 13.9.